The lowest BCUT2D eigenvalue weighted by molar-refractivity contribution is -0.141. The van der Waals surface area contributed by atoms with Gasteiger partial charge in [0.05, 0.1) is 6.04 Å². The van der Waals surface area contributed by atoms with Crippen molar-refractivity contribution in [1.29, 1.82) is 0 Å². The summed E-state index contributed by atoms with van der Waals surface area (Å²) in [6, 6.07) is 8.08. The van der Waals surface area contributed by atoms with E-state index in [4.69, 9.17) is 0 Å². The van der Waals surface area contributed by atoms with Crippen molar-refractivity contribution in [3.8, 4) is 11.1 Å². The molecule has 1 aliphatic rings. The van der Waals surface area contributed by atoms with Gasteiger partial charge in [0.15, 0.2) is 5.43 Å². The van der Waals surface area contributed by atoms with Crippen molar-refractivity contribution in [3.05, 3.63) is 46.1 Å². The van der Waals surface area contributed by atoms with Crippen LogP contribution in [0.25, 0.3) is 11.1 Å². The Morgan fingerprint density at radius 2 is 1.68 bits per heavy atom. The number of hydrogen-bond donors (Lipinski definition) is 2. The molecule has 2 N–H and O–H groups in total. The first-order valence-electron chi connectivity index (χ1n) is 12.7. The molecule has 34 heavy (non-hydrogen) atoms. The van der Waals surface area contributed by atoms with Crippen molar-refractivity contribution in [3.63, 3.8) is 0 Å². The molecule has 2 amide bonds. The number of benzene rings is 1. The molecular formula is C28H40N2O4. The maximum Gasteiger partial charge on any atom is 0.245 e. The monoisotopic (exact) mass is 468 g/mol. The summed E-state index contributed by atoms with van der Waals surface area (Å²) in [7, 11) is 1.67. The number of nitrogens with zero attached hydrogens (tertiary/aromatic N) is 1. The van der Waals surface area contributed by atoms with Gasteiger partial charge in [0.25, 0.3) is 0 Å². The van der Waals surface area contributed by atoms with Crippen LogP contribution in [0.3, 0.4) is 0 Å². The Labute approximate surface area is 203 Å². The Bertz CT molecular complexity index is 968. The summed E-state index contributed by atoms with van der Waals surface area (Å²) in [4.78, 5) is 40.7. The van der Waals surface area contributed by atoms with Crippen LogP contribution in [-0.2, 0) is 9.59 Å². The minimum Gasteiger partial charge on any atom is -0.386 e. The van der Waals surface area contributed by atoms with E-state index in [0.717, 1.165) is 37.7 Å². The van der Waals surface area contributed by atoms with Crippen LogP contribution in [0.4, 0.5) is 0 Å². The highest BCUT2D eigenvalue weighted by Crippen LogP contribution is 2.35. The molecule has 0 spiro atoms. The number of aliphatic hydroxyl groups is 1. The summed E-state index contributed by atoms with van der Waals surface area (Å²) in [6.07, 6.45) is 4.45. The average molecular weight is 469 g/mol. The Kier molecular flexibility index (Phi) is 8.69. The molecule has 1 fully saturated rings. The summed E-state index contributed by atoms with van der Waals surface area (Å²) in [5, 5.41) is 14.3. The van der Waals surface area contributed by atoms with E-state index < -0.39 is 18.2 Å². The third-order valence-electron chi connectivity index (χ3n) is 7.14. The van der Waals surface area contributed by atoms with Gasteiger partial charge in [-0.1, -0.05) is 77.3 Å². The highest BCUT2D eigenvalue weighted by Gasteiger charge is 2.40. The standard InChI is InChI=1S/C28H40N2O4/c1-17(2)16-21(29-27(33)20-14-10-7-11-15-20)28(34)30(5)24(18(3)4)26(32)23-22(25(23)31)19-12-8-6-9-13-19/h6,8-9,12-13,17-18,20-21,24,26,32H,7,10-11,14-16H2,1-5H3,(H,29,33)/t21-,24-,26-/m0/s1. The van der Waals surface area contributed by atoms with E-state index in [1.165, 1.54) is 0 Å². The van der Waals surface area contributed by atoms with Crippen molar-refractivity contribution in [2.24, 2.45) is 17.8 Å². The lowest BCUT2D eigenvalue weighted by atomic mass is 9.88. The Morgan fingerprint density at radius 1 is 1.06 bits per heavy atom. The minimum atomic E-state index is -1.08. The average Bonchev–Trinajstić information content (AvgIpc) is 3.49. The molecule has 6 heteroatoms. The number of amides is 2. The molecule has 186 valence electrons. The Balaban J connectivity index is 1.78. The van der Waals surface area contributed by atoms with Gasteiger partial charge >= 0.3 is 0 Å². The molecule has 0 saturated heterocycles. The number of aliphatic hydroxyl groups excluding tert-OH is 1. The zero-order chi connectivity index (χ0) is 25.0. The number of nitrogens with one attached hydrogen (secondary N) is 1. The quantitative estimate of drug-likeness (QED) is 0.547. The molecular weight excluding hydrogens is 428 g/mol. The molecule has 0 radical (unpaired) electrons. The van der Waals surface area contributed by atoms with Crippen LogP contribution in [-0.4, -0.2) is 41.0 Å². The van der Waals surface area contributed by atoms with Gasteiger partial charge in [-0.25, -0.2) is 0 Å². The van der Waals surface area contributed by atoms with Gasteiger partial charge in [-0.15, -0.1) is 0 Å². The van der Waals surface area contributed by atoms with E-state index in [2.05, 4.69) is 5.32 Å². The smallest absolute Gasteiger partial charge is 0.245 e. The van der Waals surface area contributed by atoms with Crippen LogP contribution in [0, 0.1) is 17.8 Å². The largest absolute Gasteiger partial charge is 0.386 e. The van der Waals surface area contributed by atoms with Gasteiger partial charge in [-0.2, -0.15) is 0 Å². The number of likely N-dealkylation sites (N-methyl/N-ethyl adjacent to an activating group) is 1. The zero-order valence-corrected chi connectivity index (χ0v) is 21.2. The first-order valence-corrected chi connectivity index (χ1v) is 12.7. The van der Waals surface area contributed by atoms with E-state index in [-0.39, 0.29) is 35.0 Å². The fraction of sp³-hybridized carbons (Fsp3) is 0.607. The summed E-state index contributed by atoms with van der Waals surface area (Å²) < 4.78 is 0. The number of rotatable bonds is 10. The molecule has 1 saturated carbocycles. The van der Waals surface area contributed by atoms with E-state index >= 15 is 0 Å². The molecule has 0 heterocycles. The third kappa shape index (κ3) is 5.96. The Hall–Kier alpha value is -2.47. The van der Waals surface area contributed by atoms with Crippen LogP contribution >= 0.6 is 0 Å². The predicted molar refractivity (Wildman–Crippen MR) is 135 cm³/mol. The van der Waals surface area contributed by atoms with Gasteiger partial charge < -0.3 is 15.3 Å². The molecule has 3 atom stereocenters. The van der Waals surface area contributed by atoms with Crippen molar-refractivity contribution >= 4 is 11.8 Å². The van der Waals surface area contributed by atoms with Crippen molar-refractivity contribution < 1.29 is 14.7 Å². The molecule has 2 aromatic rings. The molecule has 2 aromatic carbocycles. The number of carbonyl (C=O) groups is 2. The SMILES string of the molecule is CC(C)C[C@H](NC(=O)C1CCCCC1)C(=O)N(C)[C@@H](C(C)C)[C@@H](O)c1c(-c2ccccc2)c1=O. The fourth-order valence-electron chi connectivity index (χ4n) is 5.29. The summed E-state index contributed by atoms with van der Waals surface area (Å²) in [5.41, 5.74) is 1.57. The molecule has 0 unspecified atom stereocenters. The fourth-order valence-corrected chi connectivity index (χ4v) is 5.29. The van der Waals surface area contributed by atoms with Crippen LogP contribution in [0.15, 0.2) is 35.1 Å². The molecule has 6 nitrogen and oxygen atoms in total. The molecule has 0 aromatic heterocycles. The van der Waals surface area contributed by atoms with E-state index in [1.807, 2.05) is 58.0 Å². The molecule has 3 rings (SSSR count). The topological polar surface area (TPSA) is 86.7 Å². The van der Waals surface area contributed by atoms with Crippen molar-refractivity contribution in [2.75, 3.05) is 7.05 Å². The second-order valence-electron chi connectivity index (χ2n) is 10.6. The van der Waals surface area contributed by atoms with Crippen LogP contribution in [0.5, 0.6) is 0 Å². The second kappa shape index (κ2) is 11.3. The molecule has 1 aliphatic carbocycles. The lowest BCUT2D eigenvalue weighted by Gasteiger charge is -2.37. The second-order valence-corrected chi connectivity index (χ2v) is 10.6. The van der Waals surface area contributed by atoms with Crippen molar-refractivity contribution in [1.82, 2.24) is 10.2 Å². The first-order chi connectivity index (χ1) is 16.1. The van der Waals surface area contributed by atoms with E-state index in [0.29, 0.717) is 17.5 Å². The number of hydrogen-bond acceptors (Lipinski definition) is 4. The maximum absolute atomic E-state index is 13.6. The first kappa shape index (κ1) is 26.1. The Morgan fingerprint density at radius 3 is 2.24 bits per heavy atom. The normalized spacial score (nSPS) is 17.6. The molecule has 0 aliphatic heterocycles. The molecule has 0 bridgehead atoms. The van der Waals surface area contributed by atoms with Crippen LogP contribution < -0.4 is 10.7 Å². The van der Waals surface area contributed by atoms with Crippen LogP contribution in [0.2, 0.25) is 0 Å². The van der Waals surface area contributed by atoms with E-state index in [9.17, 15) is 19.5 Å². The van der Waals surface area contributed by atoms with Gasteiger partial charge in [0, 0.05) is 24.1 Å². The highest BCUT2D eigenvalue weighted by molar-refractivity contribution is 5.89. The van der Waals surface area contributed by atoms with Gasteiger partial charge in [-0.3, -0.25) is 14.4 Å². The van der Waals surface area contributed by atoms with Gasteiger partial charge in [0.2, 0.25) is 11.8 Å². The highest BCUT2D eigenvalue weighted by atomic mass is 16.3. The summed E-state index contributed by atoms with van der Waals surface area (Å²) >= 11 is 0. The lowest BCUT2D eigenvalue weighted by Crippen LogP contribution is -2.54. The predicted octanol–water partition coefficient (Wildman–Crippen LogP) is 4.22. The van der Waals surface area contributed by atoms with Crippen molar-refractivity contribution in [2.45, 2.75) is 84.4 Å². The number of carbonyl (C=O) groups excluding carboxylic acids is 2. The third-order valence-corrected chi connectivity index (χ3v) is 7.14. The summed E-state index contributed by atoms with van der Waals surface area (Å²) in [5.74, 6) is -0.161. The van der Waals surface area contributed by atoms with Crippen LogP contribution in [0.1, 0.15) is 77.9 Å². The zero-order valence-electron chi connectivity index (χ0n) is 21.2. The van der Waals surface area contributed by atoms with Gasteiger partial charge in [-0.05, 0) is 36.7 Å². The summed E-state index contributed by atoms with van der Waals surface area (Å²) in [6.45, 7) is 7.93. The minimum absolute atomic E-state index is 0.0318. The van der Waals surface area contributed by atoms with Gasteiger partial charge in [0.1, 0.15) is 12.1 Å². The van der Waals surface area contributed by atoms with E-state index in [1.54, 1.807) is 11.9 Å². The maximum atomic E-state index is 13.6.